The lowest BCUT2D eigenvalue weighted by Crippen LogP contribution is -2.62. The number of phenolic OH excluding ortho intramolecular Hbond substituents is 3. The van der Waals surface area contributed by atoms with E-state index in [1.807, 2.05) is 0 Å². The van der Waals surface area contributed by atoms with Gasteiger partial charge in [-0.15, -0.1) is 0 Å². The van der Waals surface area contributed by atoms with Crippen LogP contribution < -0.4 is 10.2 Å². The first-order chi connectivity index (χ1) is 18.8. The zero-order valence-electron chi connectivity index (χ0n) is 21.0. The molecule has 1 aromatic heterocycles. The second-order valence-electron chi connectivity index (χ2n) is 9.18. The van der Waals surface area contributed by atoms with Crippen molar-refractivity contribution >= 4 is 22.9 Å². The number of rotatable bonds is 7. The van der Waals surface area contributed by atoms with Gasteiger partial charge in [-0.2, -0.15) is 0 Å². The number of aliphatic hydroxyl groups is 2. The molecule has 0 saturated carbocycles. The molecule has 2 heterocycles. The number of esters is 1. The van der Waals surface area contributed by atoms with Crippen LogP contribution in [0.4, 0.5) is 0 Å². The number of carbonyl (C=O) groups is 2. The molecule has 4 rings (SSSR count). The average molecular weight is 562 g/mol. The van der Waals surface area contributed by atoms with Gasteiger partial charge in [-0.05, 0) is 30.7 Å². The van der Waals surface area contributed by atoms with Crippen molar-refractivity contribution < 1.29 is 64.0 Å². The maximum absolute atomic E-state index is 12.8. The topological polar surface area (TPSA) is 234 Å². The summed E-state index contributed by atoms with van der Waals surface area (Å²) in [6, 6.07) is 5.84. The molecule has 0 bridgehead atoms. The van der Waals surface area contributed by atoms with Crippen LogP contribution in [-0.4, -0.2) is 78.4 Å². The molecule has 0 aliphatic carbocycles. The molecule has 2 aromatic carbocycles. The molecule has 0 radical (unpaired) electrons. The van der Waals surface area contributed by atoms with E-state index < -0.39 is 93.7 Å². The number of carbonyl (C=O) groups excluding carboxylic acids is 1. The lowest BCUT2D eigenvalue weighted by molar-refractivity contribution is -0.277. The Kier molecular flexibility index (Phi) is 7.77. The van der Waals surface area contributed by atoms with Gasteiger partial charge >= 0.3 is 11.9 Å². The third kappa shape index (κ3) is 5.06. The van der Waals surface area contributed by atoms with Crippen molar-refractivity contribution in [2.24, 2.45) is 5.92 Å². The molecular formula is C26H26O14. The molecule has 14 heteroatoms. The smallest absolute Gasteiger partial charge is 0.335 e. The molecule has 0 spiro atoms. The summed E-state index contributed by atoms with van der Waals surface area (Å²) in [6.07, 6.45) is -9.44. The van der Waals surface area contributed by atoms with Gasteiger partial charge in [-0.3, -0.25) is 9.59 Å². The Balaban J connectivity index is 1.81. The molecule has 1 fully saturated rings. The Hall–Kier alpha value is -4.53. The van der Waals surface area contributed by atoms with E-state index in [4.69, 9.17) is 18.6 Å². The summed E-state index contributed by atoms with van der Waals surface area (Å²) < 4.78 is 21.6. The minimum Gasteiger partial charge on any atom is -0.508 e. The molecule has 214 valence electrons. The number of hydrogen-bond donors (Lipinski definition) is 7. The van der Waals surface area contributed by atoms with E-state index in [1.54, 1.807) is 6.92 Å². The summed E-state index contributed by atoms with van der Waals surface area (Å²) >= 11 is 0. The summed E-state index contributed by atoms with van der Waals surface area (Å²) in [6.45, 7) is 3.22. The Morgan fingerprint density at radius 3 is 2.27 bits per heavy atom. The summed E-state index contributed by atoms with van der Waals surface area (Å²) in [5.41, 5.74) is -1.66. The fourth-order valence-corrected chi connectivity index (χ4v) is 4.00. The normalized spacial score (nSPS) is 23.4. The Morgan fingerprint density at radius 1 is 1.02 bits per heavy atom. The monoisotopic (exact) mass is 562 g/mol. The van der Waals surface area contributed by atoms with Gasteiger partial charge in [0, 0.05) is 11.6 Å². The molecule has 3 aromatic rings. The number of aromatic hydroxyl groups is 4. The molecule has 7 N–H and O–H groups in total. The molecule has 1 aliphatic heterocycles. The number of aliphatic hydroxyl groups excluding tert-OH is 2. The van der Waals surface area contributed by atoms with Crippen molar-refractivity contribution in [2.75, 3.05) is 0 Å². The largest absolute Gasteiger partial charge is 0.508 e. The maximum atomic E-state index is 12.8. The van der Waals surface area contributed by atoms with Crippen LogP contribution in [0, 0.1) is 5.92 Å². The first-order valence-electron chi connectivity index (χ1n) is 12.0. The van der Waals surface area contributed by atoms with Crippen LogP contribution in [0.2, 0.25) is 0 Å². The average Bonchev–Trinajstić information content (AvgIpc) is 2.92. The van der Waals surface area contributed by atoms with Crippen LogP contribution >= 0.6 is 0 Å². The quantitative estimate of drug-likeness (QED) is 0.158. The van der Waals surface area contributed by atoms with E-state index in [0.717, 1.165) is 6.07 Å². The minimum atomic E-state index is -2.04. The van der Waals surface area contributed by atoms with E-state index in [2.05, 4.69) is 0 Å². The van der Waals surface area contributed by atoms with Crippen molar-refractivity contribution in [3.8, 4) is 40.1 Å². The summed E-state index contributed by atoms with van der Waals surface area (Å²) in [4.78, 5) is 36.9. The minimum absolute atomic E-state index is 0.119. The number of carboxylic acids is 1. The summed E-state index contributed by atoms with van der Waals surface area (Å²) in [5, 5.41) is 71.0. The molecule has 0 amide bonds. The van der Waals surface area contributed by atoms with Crippen LogP contribution in [0.1, 0.15) is 20.3 Å². The highest BCUT2D eigenvalue weighted by Gasteiger charge is 2.51. The SMILES string of the molecule is CCC(C)C(=O)OC1C(Oc2cc(O)c3c(=O)c(O)c(-c4ccc(O)cc4)oc3c2O)OC(C(=O)O)C(O)C1O. The fourth-order valence-electron chi connectivity index (χ4n) is 4.00. The number of carboxylic acid groups (broad SMARTS) is 1. The van der Waals surface area contributed by atoms with Gasteiger partial charge in [0.05, 0.1) is 5.92 Å². The predicted molar refractivity (Wildman–Crippen MR) is 133 cm³/mol. The molecule has 6 atom stereocenters. The van der Waals surface area contributed by atoms with Crippen LogP contribution in [0.25, 0.3) is 22.3 Å². The highest BCUT2D eigenvalue weighted by molar-refractivity contribution is 5.93. The Bertz CT molecular complexity index is 1490. The number of fused-ring (bicyclic) bond motifs is 1. The van der Waals surface area contributed by atoms with Crippen molar-refractivity contribution in [1.82, 2.24) is 0 Å². The zero-order chi connectivity index (χ0) is 29.5. The molecule has 1 aliphatic rings. The second kappa shape index (κ2) is 10.9. The zero-order valence-corrected chi connectivity index (χ0v) is 21.0. The van der Waals surface area contributed by atoms with Crippen LogP contribution in [-0.2, 0) is 19.1 Å². The van der Waals surface area contributed by atoms with Gasteiger partial charge in [0.25, 0.3) is 0 Å². The molecule has 6 unspecified atom stereocenters. The van der Waals surface area contributed by atoms with E-state index in [0.29, 0.717) is 6.42 Å². The van der Waals surface area contributed by atoms with Crippen LogP contribution in [0.5, 0.6) is 28.7 Å². The molecular weight excluding hydrogens is 536 g/mol. The highest BCUT2D eigenvalue weighted by Crippen LogP contribution is 2.43. The van der Waals surface area contributed by atoms with Crippen molar-refractivity contribution in [2.45, 2.75) is 51.0 Å². The lowest BCUT2D eigenvalue weighted by Gasteiger charge is -2.40. The third-order valence-electron chi connectivity index (χ3n) is 6.49. The number of aliphatic carboxylic acids is 1. The number of hydrogen-bond acceptors (Lipinski definition) is 13. The fraction of sp³-hybridized carbons (Fsp3) is 0.346. The second-order valence-corrected chi connectivity index (χ2v) is 9.18. The van der Waals surface area contributed by atoms with Gasteiger partial charge < -0.3 is 54.4 Å². The Labute approximate surface area is 224 Å². The van der Waals surface area contributed by atoms with Crippen LogP contribution in [0.15, 0.2) is 39.5 Å². The Morgan fingerprint density at radius 2 is 1.68 bits per heavy atom. The van der Waals surface area contributed by atoms with E-state index >= 15 is 0 Å². The number of benzene rings is 2. The van der Waals surface area contributed by atoms with E-state index in [-0.39, 0.29) is 11.3 Å². The molecule has 40 heavy (non-hydrogen) atoms. The van der Waals surface area contributed by atoms with Gasteiger partial charge in [-0.1, -0.05) is 13.8 Å². The highest BCUT2D eigenvalue weighted by atomic mass is 16.7. The number of phenols is 3. The molecule has 14 nitrogen and oxygen atoms in total. The van der Waals surface area contributed by atoms with Crippen molar-refractivity contribution in [3.63, 3.8) is 0 Å². The van der Waals surface area contributed by atoms with Crippen LogP contribution in [0.3, 0.4) is 0 Å². The first kappa shape index (κ1) is 28.5. The summed E-state index contributed by atoms with van der Waals surface area (Å²) in [5.74, 6) is -7.01. The van der Waals surface area contributed by atoms with Gasteiger partial charge in [0.2, 0.25) is 23.2 Å². The predicted octanol–water partition coefficient (Wildman–Crippen LogP) is 1.15. The third-order valence-corrected chi connectivity index (χ3v) is 6.49. The van der Waals surface area contributed by atoms with E-state index in [1.165, 1.54) is 31.2 Å². The maximum Gasteiger partial charge on any atom is 0.335 e. The van der Waals surface area contributed by atoms with E-state index in [9.17, 15) is 50.1 Å². The molecule has 1 saturated heterocycles. The van der Waals surface area contributed by atoms with Gasteiger partial charge in [0.1, 0.15) is 29.1 Å². The van der Waals surface area contributed by atoms with Gasteiger partial charge in [0.15, 0.2) is 29.3 Å². The van der Waals surface area contributed by atoms with Gasteiger partial charge in [-0.25, -0.2) is 4.79 Å². The standard InChI is InChI=1S/C26H26O14/c1-3-9(2)25(36)39-23-19(33)18(32)22(24(34)35)40-26(23)37-13-8-12(28)14-16(30)17(31)20(38-21(14)15(13)29)10-4-6-11(27)7-5-10/h4-9,18-19,22-23,26-29,31-33H,3H2,1-2H3,(H,34,35). The summed E-state index contributed by atoms with van der Waals surface area (Å²) in [7, 11) is 0. The first-order valence-corrected chi connectivity index (χ1v) is 12.0. The number of ether oxygens (including phenoxy) is 3. The van der Waals surface area contributed by atoms with Crippen molar-refractivity contribution in [1.29, 1.82) is 0 Å². The van der Waals surface area contributed by atoms with Crippen molar-refractivity contribution in [3.05, 3.63) is 40.6 Å². The lowest BCUT2D eigenvalue weighted by atomic mass is 9.98.